The van der Waals surface area contributed by atoms with E-state index in [0.29, 0.717) is 11.3 Å². The third kappa shape index (κ3) is 3.98. The molecule has 1 heterocycles. The van der Waals surface area contributed by atoms with Gasteiger partial charge in [-0.2, -0.15) is 0 Å². The van der Waals surface area contributed by atoms with E-state index < -0.39 is 17.7 Å². The summed E-state index contributed by atoms with van der Waals surface area (Å²) in [7, 11) is 1.61. The van der Waals surface area contributed by atoms with Crippen LogP contribution in [0.25, 0.3) is 5.76 Å². The molecule has 1 saturated heterocycles. The third-order valence-corrected chi connectivity index (χ3v) is 6.33. The number of nitrogens with zero attached hydrogens (tertiary/aromatic N) is 1. The largest absolute Gasteiger partial charge is 0.507 e. The van der Waals surface area contributed by atoms with Crippen molar-refractivity contribution >= 4 is 23.1 Å². The summed E-state index contributed by atoms with van der Waals surface area (Å²) in [6.07, 6.45) is 0. The number of Topliss-reactive ketones (excluding diaryl/α,β-unsaturated/α-hetero) is 1. The van der Waals surface area contributed by atoms with Gasteiger partial charge in [0.2, 0.25) is 0 Å². The highest BCUT2D eigenvalue weighted by atomic mass is 16.5. The summed E-state index contributed by atoms with van der Waals surface area (Å²) >= 11 is 0. The monoisotopic (exact) mass is 455 g/mol. The topological polar surface area (TPSA) is 66.8 Å². The van der Waals surface area contributed by atoms with E-state index in [4.69, 9.17) is 4.74 Å². The lowest BCUT2D eigenvalue weighted by Gasteiger charge is -2.26. The Kier molecular flexibility index (Phi) is 6.29. The number of hydrogen-bond donors (Lipinski definition) is 1. The lowest BCUT2D eigenvalue weighted by atomic mass is 9.91. The number of ether oxygens (including phenoxy) is 1. The van der Waals surface area contributed by atoms with Gasteiger partial charge in [-0.25, -0.2) is 0 Å². The lowest BCUT2D eigenvalue weighted by Crippen LogP contribution is -2.29. The van der Waals surface area contributed by atoms with E-state index in [-0.39, 0.29) is 17.3 Å². The zero-order chi connectivity index (χ0) is 24.6. The summed E-state index contributed by atoms with van der Waals surface area (Å²) in [5, 5.41) is 11.5. The van der Waals surface area contributed by atoms with Crippen molar-refractivity contribution < 1.29 is 19.4 Å². The molecule has 1 unspecified atom stereocenters. The van der Waals surface area contributed by atoms with E-state index in [2.05, 4.69) is 0 Å². The molecule has 174 valence electrons. The van der Waals surface area contributed by atoms with Crippen LogP contribution in [0.4, 0.5) is 5.69 Å². The second-order valence-electron chi connectivity index (χ2n) is 8.98. The molecule has 1 atom stereocenters. The number of aliphatic hydroxyl groups excluding tert-OH is 1. The van der Waals surface area contributed by atoms with E-state index in [0.717, 1.165) is 28.0 Å². The molecule has 0 saturated carbocycles. The van der Waals surface area contributed by atoms with Crippen LogP contribution < -0.4 is 9.64 Å². The van der Waals surface area contributed by atoms with Crippen LogP contribution in [-0.2, 0) is 9.59 Å². The first-order valence-electron chi connectivity index (χ1n) is 11.4. The third-order valence-electron chi connectivity index (χ3n) is 6.33. The second kappa shape index (κ2) is 9.18. The Labute approximate surface area is 200 Å². The second-order valence-corrected chi connectivity index (χ2v) is 8.98. The maximum absolute atomic E-state index is 13.4. The molecule has 0 spiro atoms. The number of aryl methyl sites for hydroxylation is 2. The van der Waals surface area contributed by atoms with E-state index in [9.17, 15) is 14.7 Å². The highest BCUT2D eigenvalue weighted by molar-refractivity contribution is 6.51. The summed E-state index contributed by atoms with van der Waals surface area (Å²) in [4.78, 5) is 28.1. The summed E-state index contributed by atoms with van der Waals surface area (Å²) in [5.41, 5.74) is 4.68. The van der Waals surface area contributed by atoms with Crippen molar-refractivity contribution in [1.82, 2.24) is 0 Å². The predicted molar refractivity (Wildman–Crippen MR) is 134 cm³/mol. The molecule has 5 nitrogen and oxygen atoms in total. The Hall–Kier alpha value is -3.86. The minimum atomic E-state index is -0.743. The summed E-state index contributed by atoms with van der Waals surface area (Å²) in [6.45, 7) is 7.90. The van der Waals surface area contributed by atoms with Crippen molar-refractivity contribution in [3.63, 3.8) is 0 Å². The highest BCUT2D eigenvalue weighted by Crippen LogP contribution is 2.43. The van der Waals surface area contributed by atoms with Crippen LogP contribution in [0.5, 0.6) is 5.75 Å². The normalized spacial score (nSPS) is 17.5. The first-order valence-corrected chi connectivity index (χ1v) is 11.4. The van der Waals surface area contributed by atoms with Gasteiger partial charge in [0.15, 0.2) is 0 Å². The van der Waals surface area contributed by atoms with Crippen molar-refractivity contribution in [2.75, 3.05) is 12.0 Å². The van der Waals surface area contributed by atoms with Crippen molar-refractivity contribution in [2.45, 2.75) is 39.7 Å². The van der Waals surface area contributed by atoms with Gasteiger partial charge in [-0.3, -0.25) is 14.5 Å². The van der Waals surface area contributed by atoms with Gasteiger partial charge >= 0.3 is 0 Å². The Balaban J connectivity index is 1.97. The average Bonchev–Trinajstić information content (AvgIpc) is 3.09. The fourth-order valence-corrected chi connectivity index (χ4v) is 4.48. The number of carbonyl (C=O) groups excluding carboxylic acids is 2. The zero-order valence-electron chi connectivity index (χ0n) is 20.1. The van der Waals surface area contributed by atoms with Crippen LogP contribution in [0.1, 0.15) is 53.6 Å². The van der Waals surface area contributed by atoms with Crippen LogP contribution in [0.15, 0.2) is 72.3 Å². The number of carbonyl (C=O) groups is 2. The summed E-state index contributed by atoms with van der Waals surface area (Å²) in [5.74, 6) is -0.669. The quantitative estimate of drug-likeness (QED) is 0.288. The van der Waals surface area contributed by atoms with Crippen molar-refractivity contribution in [3.8, 4) is 5.75 Å². The van der Waals surface area contributed by atoms with Gasteiger partial charge in [0, 0.05) is 11.3 Å². The predicted octanol–water partition coefficient (Wildman–Crippen LogP) is 6.06. The maximum atomic E-state index is 13.4. The molecule has 3 aromatic carbocycles. The molecule has 3 aromatic rings. The molecule has 5 heteroatoms. The molecule has 0 aliphatic carbocycles. The van der Waals surface area contributed by atoms with Gasteiger partial charge in [-0.1, -0.05) is 61.9 Å². The van der Waals surface area contributed by atoms with Gasteiger partial charge in [0.05, 0.1) is 18.7 Å². The Morgan fingerprint density at radius 1 is 0.971 bits per heavy atom. The zero-order valence-corrected chi connectivity index (χ0v) is 20.1. The first kappa shape index (κ1) is 23.3. The molecular formula is C29H29NO4. The summed E-state index contributed by atoms with van der Waals surface area (Å²) in [6, 6.07) is 19.8. The summed E-state index contributed by atoms with van der Waals surface area (Å²) < 4.78 is 5.53. The number of ketones is 1. The van der Waals surface area contributed by atoms with Crippen LogP contribution in [0.3, 0.4) is 0 Å². The molecule has 1 N–H and O–H groups in total. The Morgan fingerprint density at radius 3 is 2.21 bits per heavy atom. The molecule has 0 radical (unpaired) electrons. The molecule has 1 fully saturated rings. The van der Waals surface area contributed by atoms with Crippen LogP contribution in [-0.4, -0.2) is 23.9 Å². The van der Waals surface area contributed by atoms with Gasteiger partial charge in [-0.15, -0.1) is 0 Å². The molecule has 0 aromatic heterocycles. The SMILES string of the molecule is COc1cc(C)c(/C(O)=C2\C(=O)C(=O)N(c3ccc(C)cc3)C2c2ccccc2)cc1C(C)C. The molecule has 34 heavy (non-hydrogen) atoms. The number of benzene rings is 3. The number of methoxy groups -OCH3 is 1. The molecule has 1 amide bonds. The highest BCUT2D eigenvalue weighted by Gasteiger charge is 2.47. The molecule has 4 rings (SSSR count). The number of amides is 1. The molecular weight excluding hydrogens is 426 g/mol. The molecule has 1 aliphatic rings. The number of aliphatic hydroxyl groups is 1. The van der Waals surface area contributed by atoms with Gasteiger partial charge in [-0.05, 0) is 60.7 Å². The molecule has 1 aliphatic heterocycles. The minimum absolute atomic E-state index is 0.0831. The van der Waals surface area contributed by atoms with E-state index >= 15 is 0 Å². The smallest absolute Gasteiger partial charge is 0.300 e. The van der Waals surface area contributed by atoms with Crippen molar-refractivity contribution in [1.29, 1.82) is 0 Å². The van der Waals surface area contributed by atoms with Crippen LogP contribution >= 0.6 is 0 Å². The lowest BCUT2D eigenvalue weighted by molar-refractivity contribution is -0.132. The average molecular weight is 456 g/mol. The maximum Gasteiger partial charge on any atom is 0.300 e. The van der Waals surface area contributed by atoms with Crippen LogP contribution in [0.2, 0.25) is 0 Å². The van der Waals surface area contributed by atoms with Gasteiger partial charge in [0.25, 0.3) is 11.7 Å². The number of rotatable bonds is 5. The Morgan fingerprint density at radius 2 is 1.62 bits per heavy atom. The first-order chi connectivity index (χ1) is 16.2. The van der Waals surface area contributed by atoms with E-state index in [1.54, 1.807) is 7.11 Å². The minimum Gasteiger partial charge on any atom is -0.507 e. The van der Waals surface area contributed by atoms with Crippen molar-refractivity contribution in [2.24, 2.45) is 0 Å². The fraction of sp³-hybridized carbons (Fsp3) is 0.241. The Bertz CT molecular complexity index is 1270. The van der Waals surface area contributed by atoms with E-state index in [1.807, 2.05) is 94.4 Å². The molecule has 0 bridgehead atoms. The fourth-order valence-electron chi connectivity index (χ4n) is 4.48. The number of hydrogen-bond acceptors (Lipinski definition) is 4. The van der Waals surface area contributed by atoms with Gasteiger partial charge < -0.3 is 9.84 Å². The van der Waals surface area contributed by atoms with Crippen molar-refractivity contribution in [3.05, 3.63) is 100 Å². The number of anilines is 1. The standard InChI is InChI=1S/C29H29NO4/c1-17(2)22-16-23(19(4)15-24(22)34-5)27(31)25-26(20-9-7-6-8-10-20)30(29(33)28(25)32)21-13-11-18(3)12-14-21/h6-17,26,31H,1-5H3/b27-25+. The van der Waals surface area contributed by atoms with E-state index in [1.165, 1.54) is 4.90 Å². The van der Waals surface area contributed by atoms with Crippen LogP contribution in [0, 0.1) is 13.8 Å². The van der Waals surface area contributed by atoms with Gasteiger partial charge in [0.1, 0.15) is 11.5 Å².